The lowest BCUT2D eigenvalue weighted by Gasteiger charge is -2.07. The van der Waals surface area contributed by atoms with Crippen LogP contribution in [0.5, 0.6) is 0 Å². The summed E-state index contributed by atoms with van der Waals surface area (Å²) in [6.45, 7) is 6.01. The molecule has 30 heavy (non-hydrogen) atoms. The Morgan fingerprint density at radius 3 is 2.63 bits per heavy atom. The first-order valence-corrected chi connectivity index (χ1v) is 11.3. The number of carbonyl (C=O) groups excluding carboxylic acids is 1. The first-order chi connectivity index (χ1) is 14.5. The predicted octanol–water partition coefficient (Wildman–Crippen LogP) is 5.19. The Labute approximate surface area is 183 Å². The van der Waals surface area contributed by atoms with Gasteiger partial charge in [-0.3, -0.25) is 9.36 Å². The number of thiazole rings is 1. The third-order valence-corrected chi connectivity index (χ3v) is 6.66. The summed E-state index contributed by atoms with van der Waals surface area (Å²) in [5.74, 6) is 1.25. The van der Waals surface area contributed by atoms with Crippen LogP contribution < -0.4 is 5.32 Å². The Kier molecular flexibility index (Phi) is 5.96. The summed E-state index contributed by atoms with van der Waals surface area (Å²) in [6, 6.07) is 15.9. The third kappa shape index (κ3) is 4.44. The van der Waals surface area contributed by atoms with Gasteiger partial charge < -0.3 is 5.32 Å². The number of hydrogen-bond acceptors (Lipinski definition) is 6. The highest BCUT2D eigenvalue weighted by atomic mass is 32.2. The van der Waals surface area contributed by atoms with Crippen LogP contribution in [0.3, 0.4) is 0 Å². The van der Waals surface area contributed by atoms with Crippen LogP contribution in [0.15, 0.2) is 59.1 Å². The summed E-state index contributed by atoms with van der Waals surface area (Å²) in [4.78, 5) is 17.0. The van der Waals surface area contributed by atoms with Gasteiger partial charge in [-0.05, 0) is 56.2 Å². The van der Waals surface area contributed by atoms with E-state index in [2.05, 4.69) is 20.5 Å². The molecule has 0 radical (unpaired) electrons. The molecule has 0 aliphatic carbocycles. The van der Waals surface area contributed by atoms with Crippen molar-refractivity contribution < 1.29 is 4.79 Å². The Morgan fingerprint density at radius 1 is 1.07 bits per heavy atom. The van der Waals surface area contributed by atoms with E-state index in [1.807, 2.05) is 73.9 Å². The van der Waals surface area contributed by atoms with E-state index in [1.165, 1.54) is 16.9 Å². The smallest absolute Gasteiger partial charge is 0.275 e. The minimum Gasteiger partial charge on any atom is -0.321 e. The molecule has 0 fully saturated rings. The minimum atomic E-state index is -0.200. The lowest BCUT2D eigenvalue weighted by Crippen LogP contribution is -2.12. The molecule has 0 atom stereocenters. The molecule has 0 aliphatic heterocycles. The van der Waals surface area contributed by atoms with Crippen LogP contribution in [-0.2, 0) is 5.75 Å². The first-order valence-electron chi connectivity index (χ1n) is 9.44. The molecule has 1 amide bonds. The van der Waals surface area contributed by atoms with Crippen molar-refractivity contribution in [3.8, 4) is 5.69 Å². The van der Waals surface area contributed by atoms with Crippen LogP contribution in [0, 0.1) is 20.8 Å². The van der Waals surface area contributed by atoms with Crippen LogP contribution in [0.1, 0.15) is 32.4 Å². The maximum absolute atomic E-state index is 12.5. The molecule has 152 valence electrons. The molecule has 0 spiro atoms. The van der Waals surface area contributed by atoms with E-state index in [1.54, 1.807) is 17.1 Å². The van der Waals surface area contributed by atoms with Crippen LogP contribution in [0.2, 0.25) is 0 Å². The molecule has 6 nitrogen and oxygen atoms in total. The van der Waals surface area contributed by atoms with Gasteiger partial charge in [-0.1, -0.05) is 36.0 Å². The molecular formula is C22H21N5OS2. The van der Waals surface area contributed by atoms with Crippen LogP contribution in [-0.4, -0.2) is 25.7 Å². The molecule has 0 saturated carbocycles. The van der Waals surface area contributed by atoms with Gasteiger partial charge in [0, 0.05) is 16.8 Å². The Morgan fingerprint density at radius 2 is 1.87 bits per heavy atom. The molecule has 1 N–H and O–H groups in total. The topological polar surface area (TPSA) is 72.7 Å². The van der Waals surface area contributed by atoms with Crippen molar-refractivity contribution in [3.63, 3.8) is 0 Å². The van der Waals surface area contributed by atoms with E-state index < -0.39 is 0 Å². The fraction of sp³-hybridized carbons (Fsp3) is 0.182. The quantitative estimate of drug-likeness (QED) is 0.422. The number of aryl methyl sites for hydroxylation is 3. The Balaban J connectivity index is 1.43. The van der Waals surface area contributed by atoms with Crippen molar-refractivity contribution in [2.45, 2.75) is 31.7 Å². The van der Waals surface area contributed by atoms with Crippen molar-refractivity contribution in [3.05, 3.63) is 81.6 Å². The molecule has 0 bridgehead atoms. The van der Waals surface area contributed by atoms with E-state index >= 15 is 0 Å². The second kappa shape index (κ2) is 8.81. The van der Waals surface area contributed by atoms with Crippen molar-refractivity contribution in [2.75, 3.05) is 5.32 Å². The fourth-order valence-corrected chi connectivity index (χ4v) is 4.72. The highest BCUT2D eigenvalue weighted by Gasteiger charge is 2.15. The lowest BCUT2D eigenvalue weighted by molar-refractivity contribution is 0.102. The highest BCUT2D eigenvalue weighted by Crippen LogP contribution is 2.26. The maximum Gasteiger partial charge on any atom is 0.275 e. The molecule has 2 aromatic heterocycles. The number of amides is 1. The number of aromatic nitrogens is 4. The second-order valence-corrected chi connectivity index (χ2v) is 8.75. The van der Waals surface area contributed by atoms with Gasteiger partial charge in [0.1, 0.15) is 16.5 Å². The van der Waals surface area contributed by atoms with E-state index in [-0.39, 0.29) is 5.91 Å². The molecule has 2 aromatic carbocycles. The van der Waals surface area contributed by atoms with Crippen molar-refractivity contribution in [1.29, 1.82) is 0 Å². The zero-order chi connectivity index (χ0) is 21.1. The average Bonchev–Trinajstić information content (AvgIpc) is 3.36. The predicted molar refractivity (Wildman–Crippen MR) is 122 cm³/mol. The van der Waals surface area contributed by atoms with Crippen LogP contribution in [0.4, 0.5) is 5.69 Å². The number of thioether (sulfide) groups is 1. The van der Waals surface area contributed by atoms with E-state index in [4.69, 9.17) is 0 Å². The summed E-state index contributed by atoms with van der Waals surface area (Å²) in [7, 11) is 0. The molecule has 8 heteroatoms. The van der Waals surface area contributed by atoms with Crippen molar-refractivity contribution in [2.24, 2.45) is 0 Å². The number of benzene rings is 2. The van der Waals surface area contributed by atoms with Gasteiger partial charge in [0.2, 0.25) is 0 Å². The van der Waals surface area contributed by atoms with Gasteiger partial charge in [0.05, 0.1) is 5.75 Å². The van der Waals surface area contributed by atoms with E-state index in [0.29, 0.717) is 11.4 Å². The molecule has 4 aromatic rings. The normalized spacial score (nSPS) is 10.9. The number of nitrogens with zero attached hydrogens (tertiary/aromatic N) is 4. The standard InChI is InChI=1S/C22H21N5OS2/c1-14-9-10-17(11-15(14)2)23-21(28)19-12-29-20(24-19)13-30-22-26-25-16(3)27(22)18-7-5-4-6-8-18/h4-12H,13H2,1-3H3,(H,23,28). The number of carbonyl (C=O) groups is 1. The molecule has 2 heterocycles. The Hall–Kier alpha value is -2.97. The first kappa shape index (κ1) is 20.3. The van der Waals surface area contributed by atoms with Crippen molar-refractivity contribution in [1.82, 2.24) is 19.7 Å². The number of anilines is 1. The van der Waals surface area contributed by atoms with Gasteiger partial charge in [0.15, 0.2) is 5.16 Å². The molecule has 0 saturated heterocycles. The monoisotopic (exact) mass is 435 g/mol. The summed E-state index contributed by atoms with van der Waals surface area (Å²) in [5.41, 5.74) is 4.56. The average molecular weight is 436 g/mol. The van der Waals surface area contributed by atoms with Crippen LogP contribution >= 0.6 is 23.1 Å². The maximum atomic E-state index is 12.5. The number of para-hydroxylation sites is 1. The van der Waals surface area contributed by atoms with Gasteiger partial charge in [-0.2, -0.15) is 0 Å². The summed E-state index contributed by atoms with van der Waals surface area (Å²) >= 11 is 3.03. The highest BCUT2D eigenvalue weighted by molar-refractivity contribution is 7.98. The SMILES string of the molecule is Cc1ccc(NC(=O)c2csc(CSc3nnc(C)n3-c3ccccc3)n2)cc1C. The third-order valence-electron chi connectivity index (χ3n) is 4.68. The zero-order valence-corrected chi connectivity index (χ0v) is 18.5. The molecular weight excluding hydrogens is 414 g/mol. The number of rotatable bonds is 6. The summed E-state index contributed by atoms with van der Waals surface area (Å²) in [6.07, 6.45) is 0. The second-order valence-electron chi connectivity index (χ2n) is 6.87. The summed E-state index contributed by atoms with van der Waals surface area (Å²) in [5, 5.41) is 14.9. The largest absolute Gasteiger partial charge is 0.321 e. The molecule has 0 aliphatic rings. The van der Waals surface area contributed by atoms with Crippen molar-refractivity contribution >= 4 is 34.7 Å². The van der Waals surface area contributed by atoms with Gasteiger partial charge in [-0.15, -0.1) is 21.5 Å². The fourth-order valence-electron chi connectivity index (χ4n) is 2.93. The number of hydrogen-bond donors (Lipinski definition) is 1. The van der Waals surface area contributed by atoms with Gasteiger partial charge in [-0.25, -0.2) is 4.98 Å². The van der Waals surface area contributed by atoms with Gasteiger partial charge >= 0.3 is 0 Å². The summed E-state index contributed by atoms with van der Waals surface area (Å²) < 4.78 is 2.02. The zero-order valence-electron chi connectivity index (χ0n) is 16.9. The van der Waals surface area contributed by atoms with Crippen LogP contribution in [0.25, 0.3) is 5.69 Å². The molecule has 0 unspecified atom stereocenters. The minimum absolute atomic E-state index is 0.200. The Bertz CT molecular complexity index is 1180. The van der Waals surface area contributed by atoms with E-state index in [9.17, 15) is 4.79 Å². The lowest BCUT2D eigenvalue weighted by atomic mass is 10.1. The van der Waals surface area contributed by atoms with E-state index in [0.717, 1.165) is 32.9 Å². The molecule has 4 rings (SSSR count). The van der Waals surface area contributed by atoms with Gasteiger partial charge in [0.25, 0.3) is 5.91 Å². The number of nitrogens with one attached hydrogen (secondary N) is 1.